The van der Waals surface area contributed by atoms with Gasteiger partial charge >= 0.3 is 0 Å². The fourth-order valence-electron chi connectivity index (χ4n) is 4.74. The van der Waals surface area contributed by atoms with Crippen LogP contribution in [-0.2, 0) is 14.4 Å². The summed E-state index contributed by atoms with van der Waals surface area (Å²) in [5.41, 5.74) is 2.91. The third-order valence-corrected chi connectivity index (χ3v) is 6.07. The molecule has 4 atom stereocenters. The van der Waals surface area contributed by atoms with Gasteiger partial charge in [-0.2, -0.15) is 0 Å². The molecule has 1 saturated heterocycles. The number of nitrogens with one attached hydrogen (secondary N) is 1. The number of carbonyl (C=O) groups is 3. The number of nitrogens with zero attached hydrogens (tertiary/aromatic N) is 1. The first kappa shape index (κ1) is 17.0. The number of anilines is 1. The lowest BCUT2D eigenvalue weighted by atomic mass is 9.63. The van der Waals surface area contributed by atoms with Gasteiger partial charge in [0, 0.05) is 18.7 Å². The van der Waals surface area contributed by atoms with E-state index in [1.165, 1.54) is 4.90 Å². The SMILES string of the molecule is Cc1ccc(NC(=O)CCN2C(=O)C3C4C=CC(CC4)C3C2=O)c(C)c1. The van der Waals surface area contributed by atoms with Crippen LogP contribution in [0, 0.1) is 37.5 Å². The lowest BCUT2D eigenvalue weighted by Crippen LogP contribution is -2.38. The quantitative estimate of drug-likeness (QED) is 0.669. The zero-order chi connectivity index (χ0) is 18.4. The molecule has 0 spiro atoms. The van der Waals surface area contributed by atoms with E-state index in [4.69, 9.17) is 0 Å². The molecule has 2 fully saturated rings. The van der Waals surface area contributed by atoms with E-state index in [-0.39, 0.29) is 54.4 Å². The summed E-state index contributed by atoms with van der Waals surface area (Å²) >= 11 is 0. The predicted molar refractivity (Wildman–Crippen MR) is 98.2 cm³/mol. The van der Waals surface area contributed by atoms with E-state index in [1.807, 2.05) is 32.0 Å². The average molecular weight is 352 g/mol. The average Bonchev–Trinajstić information content (AvgIpc) is 2.90. The van der Waals surface area contributed by atoms with Gasteiger partial charge in [0.15, 0.2) is 0 Å². The highest BCUT2D eigenvalue weighted by molar-refractivity contribution is 6.06. The van der Waals surface area contributed by atoms with Gasteiger partial charge in [0.1, 0.15) is 0 Å². The smallest absolute Gasteiger partial charge is 0.233 e. The van der Waals surface area contributed by atoms with E-state index in [0.29, 0.717) is 0 Å². The van der Waals surface area contributed by atoms with Gasteiger partial charge in [0.2, 0.25) is 17.7 Å². The van der Waals surface area contributed by atoms with Crippen LogP contribution in [0.15, 0.2) is 30.4 Å². The zero-order valence-corrected chi connectivity index (χ0v) is 15.2. The molecule has 26 heavy (non-hydrogen) atoms. The number of amides is 3. The van der Waals surface area contributed by atoms with Crippen LogP contribution >= 0.6 is 0 Å². The molecule has 3 aliphatic carbocycles. The topological polar surface area (TPSA) is 66.5 Å². The first-order chi connectivity index (χ1) is 12.5. The normalized spacial score (nSPS) is 29.2. The van der Waals surface area contributed by atoms with E-state index in [0.717, 1.165) is 29.7 Å². The fourth-order valence-corrected chi connectivity index (χ4v) is 4.74. The number of hydrogen-bond donors (Lipinski definition) is 1. The first-order valence-electron chi connectivity index (χ1n) is 9.36. The predicted octanol–water partition coefficient (Wildman–Crippen LogP) is 2.83. The Kier molecular flexibility index (Phi) is 4.17. The molecule has 4 aliphatic rings. The number of carbonyl (C=O) groups excluding carboxylic acids is 3. The van der Waals surface area contributed by atoms with Crippen LogP contribution in [-0.4, -0.2) is 29.2 Å². The van der Waals surface area contributed by atoms with Crippen molar-refractivity contribution in [1.82, 2.24) is 4.90 Å². The number of fused-ring (bicyclic) bond motifs is 1. The van der Waals surface area contributed by atoms with Crippen LogP contribution in [0.1, 0.15) is 30.4 Å². The van der Waals surface area contributed by atoms with E-state index in [2.05, 4.69) is 17.5 Å². The Morgan fingerprint density at radius 1 is 1.08 bits per heavy atom. The van der Waals surface area contributed by atoms with Crippen LogP contribution in [0.2, 0.25) is 0 Å². The van der Waals surface area contributed by atoms with Gasteiger partial charge in [-0.05, 0) is 50.2 Å². The number of likely N-dealkylation sites (tertiary alicyclic amines) is 1. The van der Waals surface area contributed by atoms with Crippen molar-refractivity contribution in [3.63, 3.8) is 0 Å². The van der Waals surface area contributed by atoms with Gasteiger partial charge in [0.25, 0.3) is 0 Å². The maximum Gasteiger partial charge on any atom is 0.233 e. The summed E-state index contributed by atoms with van der Waals surface area (Å²) in [5.74, 6) is -0.362. The summed E-state index contributed by atoms with van der Waals surface area (Å²) in [6.45, 7) is 4.12. The molecule has 0 aromatic heterocycles. The molecule has 3 amide bonds. The number of aryl methyl sites for hydroxylation is 2. The molecule has 1 aliphatic heterocycles. The molecule has 1 aromatic carbocycles. The minimum absolute atomic E-state index is 0.0848. The maximum absolute atomic E-state index is 12.7. The number of imide groups is 1. The number of rotatable bonds is 4. The van der Waals surface area contributed by atoms with Gasteiger partial charge < -0.3 is 5.32 Å². The van der Waals surface area contributed by atoms with Crippen molar-refractivity contribution < 1.29 is 14.4 Å². The molecule has 1 saturated carbocycles. The zero-order valence-electron chi connectivity index (χ0n) is 15.2. The monoisotopic (exact) mass is 352 g/mol. The summed E-state index contributed by atoms with van der Waals surface area (Å²) < 4.78 is 0. The van der Waals surface area contributed by atoms with Crippen LogP contribution in [0.4, 0.5) is 5.69 Å². The maximum atomic E-state index is 12.7. The first-order valence-corrected chi connectivity index (χ1v) is 9.36. The summed E-state index contributed by atoms with van der Waals surface area (Å²) in [5, 5.41) is 2.88. The van der Waals surface area contributed by atoms with Crippen LogP contribution in [0.25, 0.3) is 0 Å². The minimum atomic E-state index is -0.200. The largest absolute Gasteiger partial charge is 0.326 e. The Labute approximate surface area is 153 Å². The highest BCUT2D eigenvalue weighted by Crippen LogP contribution is 2.49. The Balaban J connectivity index is 1.40. The lowest BCUT2D eigenvalue weighted by molar-refractivity contribution is -0.140. The Morgan fingerprint density at radius 2 is 1.69 bits per heavy atom. The molecule has 136 valence electrons. The highest BCUT2D eigenvalue weighted by Gasteiger charge is 2.56. The van der Waals surface area contributed by atoms with Gasteiger partial charge in [-0.1, -0.05) is 29.8 Å². The van der Waals surface area contributed by atoms with Crippen molar-refractivity contribution in [2.45, 2.75) is 33.1 Å². The second kappa shape index (κ2) is 6.38. The molecule has 2 bridgehead atoms. The van der Waals surface area contributed by atoms with Gasteiger partial charge in [-0.25, -0.2) is 0 Å². The number of hydrogen-bond acceptors (Lipinski definition) is 3. The van der Waals surface area contributed by atoms with Gasteiger partial charge in [0.05, 0.1) is 11.8 Å². The molecular formula is C21H24N2O3. The Morgan fingerprint density at radius 3 is 2.23 bits per heavy atom. The summed E-state index contributed by atoms with van der Waals surface area (Å²) in [6, 6.07) is 5.84. The molecule has 1 heterocycles. The second-order valence-corrected chi connectivity index (χ2v) is 7.79. The molecule has 1 aromatic rings. The molecular weight excluding hydrogens is 328 g/mol. The molecule has 5 heteroatoms. The van der Waals surface area contributed by atoms with Crippen molar-refractivity contribution >= 4 is 23.4 Å². The van der Waals surface area contributed by atoms with Crippen LogP contribution in [0.3, 0.4) is 0 Å². The lowest BCUT2D eigenvalue weighted by Gasteiger charge is -2.38. The summed E-state index contributed by atoms with van der Waals surface area (Å²) in [6.07, 6.45) is 6.32. The fraction of sp³-hybridized carbons (Fsp3) is 0.476. The molecule has 5 nitrogen and oxygen atoms in total. The summed E-state index contributed by atoms with van der Waals surface area (Å²) in [7, 11) is 0. The highest BCUT2D eigenvalue weighted by atomic mass is 16.2. The minimum Gasteiger partial charge on any atom is -0.326 e. The third kappa shape index (κ3) is 2.75. The molecule has 5 rings (SSSR count). The Bertz CT molecular complexity index is 781. The van der Waals surface area contributed by atoms with Crippen LogP contribution < -0.4 is 5.32 Å². The molecule has 1 N–H and O–H groups in total. The molecule has 4 unspecified atom stereocenters. The van der Waals surface area contributed by atoms with Crippen molar-refractivity contribution in [2.24, 2.45) is 23.7 Å². The van der Waals surface area contributed by atoms with Crippen molar-refractivity contribution in [2.75, 3.05) is 11.9 Å². The molecule has 0 radical (unpaired) electrons. The van der Waals surface area contributed by atoms with Crippen molar-refractivity contribution in [1.29, 1.82) is 0 Å². The van der Waals surface area contributed by atoms with Crippen LogP contribution in [0.5, 0.6) is 0 Å². The van der Waals surface area contributed by atoms with Crippen molar-refractivity contribution in [3.8, 4) is 0 Å². The summed E-state index contributed by atoms with van der Waals surface area (Å²) in [4.78, 5) is 39.1. The van der Waals surface area contributed by atoms with Gasteiger partial charge in [-0.3, -0.25) is 19.3 Å². The van der Waals surface area contributed by atoms with E-state index < -0.39 is 0 Å². The van der Waals surface area contributed by atoms with E-state index >= 15 is 0 Å². The number of allylic oxidation sites excluding steroid dienone is 2. The van der Waals surface area contributed by atoms with Crippen molar-refractivity contribution in [3.05, 3.63) is 41.5 Å². The van der Waals surface area contributed by atoms with E-state index in [9.17, 15) is 14.4 Å². The standard InChI is InChI=1S/C21H24N2O3/c1-12-3-8-16(13(2)11-12)22-17(24)9-10-23-20(25)18-14-4-5-15(7-6-14)19(18)21(23)26/h3-5,8,11,14-15,18-19H,6-7,9-10H2,1-2H3,(H,22,24). The number of benzene rings is 1. The Hall–Kier alpha value is -2.43. The second-order valence-electron chi connectivity index (χ2n) is 7.79. The van der Waals surface area contributed by atoms with E-state index in [1.54, 1.807) is 0 Å². The third-order valence-electron chi connectivity index (χ3n) is 6.07. The van der Waals surface area contributed by atoms with Gasteiger partial charge in [-0.15, -0.1) is 0 Å².